The molecule has 14 heavy (non-hydrogen) atoms. The summed E-state index contributed by atoms with van der Waals surface area (Å²) in [7, 11) is 0. The van der Waals surface area contributed by atoms with Crippen LogP contribution in [0.4, 0.5) is 0 Å². The second-order valence-electron chi connectivity index (χ2n) is 3.47. The molecule has 1 aliphatic heterocycles. The molecule has 1 atom stereocenters. The van der Waals surface area contributed by atoms with Crippen molar-refractivity contribution in [3.63, 3.8) is 0 Å². The molecule has 5 nitrogen and oxygen atoms in total. The maximum Gasteiger partial charge on any atom is 0.246 e. The predicted molar refractivity (Wildman–Crippen MR) is 52.5 cm³/mol. The van der Waals surface area contributed by atoms with Crippen molar-refractivity contribution in [1.82, 2.24) is 10.2 Å². The number of rotatable bonds is 4. The van der Waals surface area contributed by atoms with Crippen molar-refractivity contribution >= 4 is 11.8 Å². The van der Waals surface area contributed by atoms with Crippen molar-refractivity contribution < 1.29 is 9.59 Å². The van der Waals surface area contributed by atoms with Crippen molar-refractivity contribution in [3.8, 4) is 0 Å². The number of nitrogens with one attached hydrogen (secondary N) is 1. The van der Waals surface area contributed by atoms with Gasteiger partial charge in [-0.05, 0) is 6.42 Å². The van der Waals surface area contributed by atoms with E-state index in [1.807, 2.05) is 0 Å². The third-order valence-electron chi connectivity index (χ3n) is 2.30. The van der Waals surface area contributed by atoms with Crippen LogP contribution in [0.3, 0.4) is 0 Å². The van der Waals surface area contributed by atoms with Crippen LogP contribution in [0, 0.1) is 0 Å². The fraction of sp³-hybridized carbons (Fsp3) is 0.778. The number of nitrogens with zero attached hydrogens (tertiary/aromatic N) is 1. The normalized spacial score (nSPS) is 22.4. The summed E-state index contributed by atoms with van der Waals surface area (Å²) >= 11 is 0. The van der Waals surface area contributed by atoms with Crippen molar-refractivity contribution in [2.75, 3.05) is 19.6 Å². The molecule has 2 amide bonds. The Morgan fingerprint density at radius 1 is 1.57 bits per heavy atom. The summed E-state index contributed by atoms with van der Waals surface area (Å²) in [6, 6.07) is -0.520. The van der Waals surface area contributed by atoms with E-state index in [0.29, 0.717) is 6.54 Å². The quantitative estimate of drug-likeness (QED) is 0.614. The number of unbranched alkanes of at least 4 members (excludes halogenated alkanes) is 1. The van der Waals surface area contributed by atoms with Gasteiger partial charge in [0.25, 0.3) is 0 Å². The fourth-order valence-electron chi connectivity index (χ4n) is 1.47. The molecule has 5 heteroatoms. The van der Waals surface area contributed by atoms with Crippen LogP contribution in [0.1, 0.15) is 19.8 Å². The second kappa shape index (κ2) is 4.95. The average Bonchev–Trinajstić information content (AvgIpc) is 2.18. The zero-order valence-corrected chi connectivity index (χ0v) is 8.45. The van der Waals surface area contributed by atoms with E-state index in [4.69, 9.17) is 5.73 Å². The Kier molecular flexibility index (Phi) is 3.88. The molecule has 0 aromatic heterocycles. The first-order valence-corrected chi connectivity index (χ1v) is 4.97. The van der Waals surface area contributed by atoms with E-state index in [1.54, 1.807) is 4.90 Å². The summed E-state index contributed by atoms with van der Waals surface area (Å²) < 4.78 is 0. The lowest BCUT2D eigenvalue weighted by molar-refractivity contribution is -0.144. The van der Waals surface area contributed by atoms with Crippen molar-refractivity contribution in [2.45, 2.75) is 25.8 Å². The lowest BCUT2D eigenvalue weighted by atomic mass is 10.1. The number of amides is 2. The van der Waals surface area contributed by atoms with Crippen LogP contribution in [-0.2, 0) is 9.59 Å². The molecule has 1 heterocycles. The Morgan fingerprint density at radius 2 is 2.29 bits per heavy atom. The molecule has 0 bridgehead atoms. The van der Waals surface area contributed by atoms with Crippen LogP contribution in [0.25, 0.3) is 0 Å². The summed E-state index contributed by atoms with van der Waals surface area (Å²) in [5.41, 5.74) is 5.38. The van der Waals surface area contributed by atoms with E-state index in [9.17, 15) is 9.59 Å². The van der Waals surface area contributed by atoms with Crippen LogP contribution < -0.4 is 11.1 Å². The molecular weight excluding hydrogens is 182 g/mol. The Morgan fingerprint density at radius 3 is 2.86 bits per heavy atom. The van der Waals surface area contributed by atoms with Gasteiger partial charge >= 0.3 is 0 Å². The topological polar surface area (TPSA) is 75.4 Å². The molecule has 0 aliphatic carbocycles. The Balaban J connectivity index is 2.55. The fourth-order valence-corrected chi connectivity index (χ4v) is 1.47. The molecule has 1 fully saturated rings. The summed E-state index contributed by atoms with van der Waals surface area (Å²) in [5, 5.41) is 2.57. The third kappa shape index (κ3) is 2.45. The zero-order valence-electron chi connectivity index (χ0n) is 8.45. The maximum absolute atomic E-state index is 11.6. The lowest BCUT2D eigenvalue weighted by Gasteiger charge is -2.31. The van der Waals surface area contributed by atoms with E-state index in [-0.39, 0.29) is 24.9 Å². The minimum Gasteiger partial charge on any atom is -0.342 e. The molecule has 0 aromatic carbocycles. The molecule has 3 N–H and O–H groups in total. The molecule has 0 aromatic rings. The van der Waals surface area contributed by atoms with Gasteiger partial charge in [-0.15, -0.1) is 0 Å². The average molecular weight is 199 g/mol. The van der Waals surface area contributed by atoms with E-state index in [2.05, 4.69) is 12.2 Å². The molecule has 0 radical (unpaired) electrons. The van der Waals surface area contributed by atoms with Gasteiger partial charge in [-0.25, -0.2) is 0 Å². The van der Waals surface area contributed by atoms with Crippen LogP contribution in [-0.4, -0.2) is 42.4 Å². The number of hydrogen-bond donors (Lipinski definition) is 2. The summed E-state index contributed by atoms with van der Waals surface area (Å²) in [5.74, 6) is -0.170. The van der Waals surface area contributed by atoms with Gasteiger partial charge in [-0.3, -0.25) is 9.59 Å². The predicted octanol–water partition coefficient (Wildman–Crippen LogP) is -0.928. The van der Waals surface area contributed by atoms with Gasteiger partial charge in [0.2, 0.25) is 11.8 Å². The largest absolute Gasteiger partial charge is 0.342 e. The highest BCUT2D eigenvalue weighted by Crippen LogP contribution is 2.03. The first-order chi connectivity index (χ1) is 6.69. The van der Waals surface area contributed by atoms with Gasteiger partial charge in [0.1, 0.15) is 6.04 Å². The molecule has 1 rings (SSSR count). The van der Waals surface area contributed by atoms with Crippen molar-refractivity contribution in [3.05, 3.63) is 0 Å². The smallest absolute Gasteiger partial charge is 0.246 e. The van der Waals surface area contributed by atoms with Gasteiger partial charge in [-0.2, -0.15) is 0 Å². The molecule has 0 unspecified atom stereocenters. The van der Waals surface area contributed by atoms with Crippen LogP contribution in [0.2, 0.25) is 0 Å². The molecule has 80 valence electrons. The lowest BCUT2D eigenvalue weighted by Crippen LogP contribution is -2.60. The number of carbonyl (C=O) groups is 2. The van der Waals surface area contributed by atoms with Crippen LogP contribution in [0.5, 0.6) is 0 Å². The van der Waals surface area contributed by atoms with E-state index >= 15 is 0 Å². The Labute approximate surface area is 83.6 Å². The summed E-state index contributed by atoms with van der Waals surface area (Å²) in [6.07, 6.45) is 1.94. The summed E-state index contributed by atoms with van der Waals surface area (Å²) in [6.45, 7) is 3.05. The second-order valence-corrected chi connectivity index (χ2v) is 3.47. The third-order valence-corrected chi connectivity index (χ3v) is 2.30. The number of nitrogens with two attached hydrogens (primary N) is 1. The van der Waals surface area contributed by atoms with E-state index in [1.165, 1.54) is 0 Å². The number of piperazine rings is 1. The standard InChI is InChI=1S/C9H17N3O2/c1-2-3-4-12-6-8(13)11-7(5-10)9(12)14/h7H,2-6,10H2,1H3,(H,11,13)/t7-/m0/s1. The maximum atomic E-state index is 11.6. The van der Waals surface area contributed by atoms with Crippen molar-refractivity contribution in [1.29, 1.82) is 0 Å². The summed E-state index contributed by atoms with van der Waals surface area (Å²) in [4.78, 5) is 24.4. The Bertz CT molecular complexity index is 230. The van der Waals surface area contributed by atoms with Gasteiger partial charge < -0.3 is 16.0 Å². The first kappa shape index (κ1) is 11.0. The van der Waals surface area contributed by atoms with Gasteiger partial charge in [0.15, 0.2) is 0 Å². The zero-order chi connectivity index (χ0) is 10.6. The van der Waals surface area contributed by atoms with Crippen molar-refractivity contribution in [2.24, 2.45) is 5.73 Å². The van der Waals surface area contributed by atoms with Gasteiger partial charge in [-0.1, -0.05) is 13.3 Å². The highest BCUT2D eigenvalue weighted by molar-refractivity contribution is 5.94. The van der Waals surface area contributed by atoms with Gasteiger partial charge in [0, 0.05) is 13.1 Å². The van der Waals surface area contributed by atoms with Gasteiger partial charge in [0.05, 0.1) is 6.54 Å². The highest BCUT2D eigenvalue weighted by atomic mass is 16.2. The molecule has 1 aliphatic rings. The van der Waals surface area contributed by atoms with E-state index in [0.717, 1.165) is 12.8 Å². The molecule has 0 saturated carbocycles. The SMILES string of the molecule is CCCCN1CC(=O)N[C@@H](CN)C1=O. The molecule has 0 spiro atoms. The van der Waals surface area contributed by atoms with Crippen LogP contribution >= 0.6 is 0 Å². The molecule has 1 saturated heterocycles. The number of carbonyl (C=O) groups excluding carboxylic acids is 2. The first-order valence-electron chi connectivity index (χ1n) is 4.97. The minimum atomic E-state index is -0.520. The van der Waals surface area contributed by atoms with Crippen LogP contribution in [0.15, 0.2) is 0 Å². The monoisotopic (exact) mass is 199 g/mol. The van der Waals surface area contributed by atoms with E-state index < -0.39 is 6.04 Å². The number of hydrogen-bond acceptors (Lipinski definition) is 3. The molecular formula is C9H17N3O2. The Hall–Kier alpha value is -1.10. The highest BCUT2D eigenvalue weighted by Gasteiger charge is 2.30. The minimum absolute atomic E-state index is 0.0550.